The fourth-order valence-electron chi connectivity index (χ4n) is 2.48. The third-order valence-electron chi connectivity index (χ3n) is 3.77. The van der Waals surface area contributed by atoms with Gasteiger partial charge in [0.2, 0.25) is 0 Å². The number of carbonyl (C=O) groups is 1. The number of anilines is 1. The zero-order valence-electron chi connectivity index (χ0n) is 12.3. The Morgan fingerprint density at radius 2 is 2.25 bits per heavy atom. The number of aromatic nitrogens is 2. The Kier molecular flexibility index (Phi) is 4.89. The lowest BCUT2D eigenvalue weighted by Gasteiger charge is -2.40. The van der Waals surface area contributed by atoms with Gasteiger partial charge in [0.05, 0.1) is 19.5 Å². The quantitative estimate of drug-likeness (QED) is 0.836. The Bertz CT molecular complexity index is 466. The summed E-state index contributed by atoms with van der Waals surface area (Å²) < 4.78 is 4.70. The molecular formula is C14H22N4O2. The summed E-state index contributed by atoms with van der Waals surface area (Å²) in [6, 6.07) is 0.821. The third kappa shape index (κ3) is 3.07. The van der Waals surface area contributed by atoms with Gasteiger partial charge in [0, 0.05) is 25.2 Å². The Balaban J connectivity index is 2.25. The van der Waals surface area contributed by atoms with Gasteiger partial charge in [-0.25, -0.2) is 9.78 Å². The van der Waals surface area contributed by atoms with Gasteiger partial charge in [0.1, 0.15) is 5.82 Å². The highest BCUT2D eigenvalue weighted by Gasteiger charge is 2.27. The molecule has 6 heteroatoms. The maximum atomic E-state index is 11.6. The molecule has 1 saturated heterocycles. The number of esters is 1. The molecule has 1 aliphatic rings. The van der Waals surface area contributed by atoms with Crippen molar-refractivity contribution in [3.63, 3.8) is 0 Å². The van der Waals surface area contributed by atoms with E-state index in [1.807, 2.05) is 0 Å². The van der Waals surface area contributed by atoms with E-state index in [9.17, 15) is 4.79 Å². The second kappa shape index (κ2) is 6.65. The lowest BCUT2D eigenvalue weighted by atomic mass is 10.1. The van der Waals surface area contributed by atoms with Crippen LogP contribution < -0.4 is 10.2 Å². The van der Waals surface area contributed by atoms with E-state index in [2.05, 4.69) is 34.0 Å². The summed E-state index contributed by atoms with van der Waals surface area (Å²) in [7, 11) is 1.35. The van der Waals surface area contributed by atoms with Gasteiger partial charge in [-0.3, -0.25) is 4.98 Å². The number of nitrogens with one attached hydrogen (secondary N) is 1. The first-order chi connectivity index (χ1) is 9.69. The molecule has 0 bridgehead atoms. The summed E-state index contributed by atoms with van der Waals surface area (Å²) in [5.41, 5.74) is 0.256. The largest absolute Gasteiger partial charge is 0.464 e. The van der Waals surface area contributed by atoms with E-state index in [4.69, 9.17) is 4.74 Å². The maximum absolute atomic E-state index is 11.6. The van der Waals surface area contributed by atoms with Crippen LogP contribution in [0, 0.1) is 0 Å². The van der Waals surface area contributed by atoms with Crippen LogP contribution in [0.25, 0.3) is 0 Å². The van der Waals surface area contributed by atoms with Crippen molar-refractivity contribution < 1.29 is 9.53 Å². The van der Waals surface area contributed by atoms with Gasteiger partial charge >= 0.3 is 5.97 Å². The van der Waals surface area contributed by atoms with E-state index < -0.39 is 5.97 Å². The van der Waals surface area contributed by atoms with Crippen LogP contribution >= 0.6 is 0 Å². The minimum Gasteiger partial charge on any atom is -0.464 e. The number of ether oxygens (including phenoxy) is 1. The minimum absolute atomic E-state index is 0.256. The van der Waals surface area contributed by atoms with Gasteiger partial charge in [-0.2, -0.15) is 0 Å². The second-order valence-electron chi connectivity index (χ2n) is 4.98. The fourth-order valence-corrected chi connectivity index (χ4v) is 2.48. The van der Waals surface area contributed by atoms with E-state index in [0.717, 1.165) is 31.7 Å². The van der Waals surface area contributed by atoms with Crippen LogP contribution in [0.4, 0.5) is 5.82 Å². The Labute approximate surface area is 119 Å². The predicted molar refractivity (Wildman–Crippen MR) is 76.9 cm³/mol. The molecule has 0 amide bonds. The predicted octanol–water partition coefficient (Wildman–Crippen LogP) is 1.23. The maximum Gasteiger partial charge on any atom is 0.358 e. The molecule has 6 nitrogen and oxygen atoms in total. The van der Waals surface area contributed by atoms with Gasteiger partial charge in [0.25, 0.3) is 0 Å². The lowest BCUT2D eigenvalue weighted by molar-refractivity contribution is 0.0593. The van der Waals surface area contributed by atoms with Crippen molar-refractivity contribution in [1.29, 1.82) is 0 Å². The second-order valence-corrected chi connectivity index (χ2v) is 4.98. The average molecular weight is 278 g/mol. The molecule has 0 aromatic carbocycles. The van der Waals surface area contributed by atoms with E-state index in [0.29, 0.717) is 12.1 Å². The van der Waals surface area contributed by atoms with Gasteiger partial charge in [0.15, 0.2) is 5.69 Å². The highest BCUT2D eigenvalue weighted by atomic mass is 16.5. The average Bonchev–Trinajstić information content (AvgIpc) is 2.53. The molecule has 0 aliphatic carbocycles. The Morgan fingerprint density at radius 3 is 2.90 bits per heavy atom. The molecule has 2 unspecified atom stereocenters. The highest BCUT2D eigenvalue weighted by Crippen LogP contribution is 2.19. The van der Waals surface area contributed by atoms with Gasteiger partial charge < -0.3 is 15.0 Å². The van der Waals surface area contributed by atoms with Crippen LogP contribution in [0.1, 0.15) is 37.2 Å². The van der Waals surface area contributed by atoms with Crippen molar-refractivity contribution in [2.75, 3.05) is 25.1 Å². The van der Waals surface area contributed by atoms with Crippen LogP contribution in [-0.4, -0.2) is 48.2 Å². The molecule has 2 rings (SSSR count). The molecule has 110 valence electrons. The van der Waals surface area contributed by atoms with Crippen molar-refractivity contribution in [3.05, 3.63) is 18.1 Å². The Hall–Kier alpha value is -1.69. The minimum atomic E-state index is -0.449. The highest BCUT2D eigenvalue weighted by molar-refractivity contribution is 5.87. The molecule has 1 fully saturated rings. The SMILES string of the molecule is CCC1CN(c2cncc(C(=O)OC)n2)C(CC)CN1. The summed E-state index contributed by atoms with van der Waals surface area (Å²) in [5, 5.41) is 3.54. The fraction of sp³-hybridized carbons (Fsp3) is 0.643. The number of carbonyl (C=O) groups excluding carboxylic acids is 1. The van der Waals surface area contributed by atoms with Crippen molar-refractivity contribution in [2.24, 2.45) is 0 Å². The summed E-state index contributed by atoms with van der Waals surface area (Å²) in [6.45, 7) is 6.13. The summed E-state index contributed by atoms with van der Waals surface area (Å²) in [6.07, 6.45) is 5.24. The summed E-state index contributed by atoms with van der Waals surface area (Å²) in [4.78, 5) is 22.3. The van der Waals surface area contributed by atoms with Crippen molar-refractivity contribution >= 4 is 11.8 Å². The molecule has 1 aliphatic heterocycles. The topological polar surface area (TPSA) is 67.4 Å². The van der Waals surface area contributed by atoms with Crippen LogP contribution in [0.15, 0.2) is 12.4 Å². The molecule has 2 heterocycles. The molecule has 0 radical (unpaired) electrons. The number of hydrogen-bond donors (Lipinski definition) is 1. The van der Waals surface area contributed by atoms with E-state index >= 15 is 0 Å². The molecule has 1 aromatic heterocycles. The van der Waals surface area contributed by atoms with E-state index in [1.165, 1.54) is 13.3 Å². The van der Waals surface area contributed by atoms with E-state index in [1.54, 1.807) is 6.20 Å². The molecule has 1 N–H and O–H groups in total. The van der Waals surface area contributed by atoms with Gasteiger partial charge in [-0.1, -0.05) is 13.8 Å². The summed E-state index contributed by atoms with van der Waals surface area (Å²) >= 11 is 0. The third-order valence-corrected chi connectivity index (χ3v) is 3.77. The van der Waals surface area contributed by atoms with Gasteiger partial charge in [-0.05, 0) is 12.8 Å². The normalized spacial score (nSPS) is 22.6. The monoisotopic (exact) mass is 278 g/mol. The first-order valence-corrected chi connectivity index (χ1v) is 7.09. The molecule has 0 saturated carbocycles. The van der Waals surface area contributed by atoms with Crippen LogP contribution in [0.2, 0.25) is 0 Å². The summed E-state index contributed by atoms with van der Waals surface area (Å²) in [5.74, 6) is 0.300. The van der Waals surface area contributed by atoms with E-state index in [-0.39, 0.29) is 5.69 Å². The number of nitrogens with zero attached hydrogens (tertiary/aromatic N) is 3. The Morgan fingerprint density at radius 1 is 1.45 bits per heavy atom. The standard InChI is InChI=1S/C14H22N4O2/c1-4-10-9-18(11(5-2)6-16-10)13-8-15-7-12(17-13)14(19)20-3/h7-8,10-11,16H,4-6,9H2,1-3H3. The smallest absolute Gasteiger partial charge is 0.358 e. The van der Waals surface area contributed by atoms with Crippen molar-refractivity contribution in [3.8, 4) is 0 Å². The van der Waals surface area contributed by atoms with Crippen LogP contribution in [0.3, 0.4) is 0 Å². The zero-order valence-corrected chi connectivity index (χ0v) is 12.3. The van der Waals surface area contributed by atoms with Crippen molar-refractivity contribution in [2.45, 2.75) is 38.8 Å². The molecule has 0 spiro atoms. The van der Waals surface area contributed by atoms with Crippen LogP contribution in [-0.2, 0) is 4.74 Å². The molecular weight excluding hydrogens is 256 g/mol. The number of rotatable bonds is 4. The zero-order chi connectivity index (χ0) is 14.5. The van der Waals surface area contributed by atoms with Gasteiger partial charge in [-0.15, -0.1) is 0 Å². The first kappa shape index (κ1) is 14.7. The number of hydrogen-bond acceptors (Lipinski definition) is 6. The van der Waals surface area contributed by atoms with Crippen LogP contribution in [0.5, 0.6) is 0 Å². The first-order valence-electron chi connectivity index (χ1n) is 7.09. The molecule has 20 heavy (non-hydrogen) atoms. The molecule has 1 aromatic rings. The molecule has 2 atom stereocenters. The number of methoxy groups -OCH3 is 1. The lowest BCUT2D eigenvalue weighted by Crippen LogP contribution is -2.56. The van der Waals surface area contributed by atoms with Crippen molar-refractivity contribution in [1.82, 2.24) is 15.3 Å². The number of piperazine rings is 1.